The van der Waals surface area contributed by atoms with Crippen molar-refractivity contribution in [2.75, 3.05) is 25.1 Å². The highest BCUT2D eigenvalue weighted by atomic mass is 32.2. The maximum absolute atomic E-state index is 10.8. The van der Waals surface area contributed by atoms with E-state index < -0.39 is 4.92 Å². The number of hydrogen-bond acceptors (Lipinski definition) is 4. The van der Waals surface area contributed by atoms with Gasteiger partial charge in [-0.1, -0.05) is 30.3 Å². The minimum absolute atomic E-state index is 0.0907. The molecule has 0 radical (unpaired) electrons. The van der Waals surface area contributed by atoms with Crippen LogP contribution in [0.3, 0.4) is 0 Å². The molecule has 1 aromatic heterocycles. The molecule has 0 spiro atoms. The van der Waals surface area contributed by atoms with Crippen LogP contribution < -0.4 is 10.6 Å². The molecular formula is C21H25N5O2S. The number of non-ortho nitro benzene ring substituents is 1. The molecular weight excluding hydrogens is 386 g/mol. The fraction of sp³-hybridized carbons (Fsp3) is 0.286. The standard InChI is InChI=1S/C21H25N5O2S/c1-29-13-12-23-21(25-14-16-6-8-18(9-7-16)26(27)28)22-11-10-17-15-24-20-5-3-2-4-19(17)20/h2-9,15,24H,10-14H2,1H3,(H2,22,23,25). The molecule has 0 aliphatic rings. The van der Waals surface area contributed by atoms with E-state index in [0.717, 1.165) is 42.3 Å². The monoisotopic (exact) mass is 411 g/mol. The van der Waals surface area contributed by atoms with Crippen LogP contribution in [0.2, 0.25) is 0 Å². The number of fused-ring (bicyclic) bond motifs is 1. The molecule has 2 aromatic carbocycles. The third-order valence-electron chi connectivity index (χ3n) is 4.53. The molecule has 8 heteroatoms. The van der Waals surface area contributed by atoms with Crippen LogP contribution in [0, 0.1) is 10.1 Å². The van der Waals surface area contributed by atoms with Crippen LogP contribution in [-0.4, -0.2) is 41.0 Å². The van der Waals surface area contributed by atoms with Crippen molar-refractivity contribution in [2.24, 2.45) is 4.99 Å². The van der Waals surface area contributed by atoms with Gasteiger partial charge in [-0.15, -0.1) is 0 Å². The van der Waals surface area contributed by atoms with Gasteiger partial charge < -0.3 is 15.6 Å². The first-order chi connectivity index (χ1) is 14.2. The molecule has 0 aliphatic carbocycles. The Balaban J connectivity index is 1.59. The summed E-state index contributed by atoms with van der Waals surface area (Å²) in [6, 6.07) is 14.8. The normalized spacial score (nSPS) is 11.6. The third kappa shape index (κ3) is 5.99. The molecule has 152 valence electrons. The van der Waals surface area contributed by atoms with Crippen LogP contribution in [0.25, 0.3) is 10.9 Å². The zero-order valence-corrected chi connectivity index (χ0v) is 17.2. The summed E-state index contributed by atoms with van der Waals surface area (Å²) < 4.78 is 0. The van der Waals surface area contributed by atoms with Gasteiger partial charge in [-0.05, 0) is 29.9 Å². The Kier molecular flexibility index (Phi) is 7.52. The Morgan fingerprint density at radius 1 is 1.14 bits per heavy atom. The second-order valence-corrected chi connectivity index (χ2v) is 7.53. The average Bonchev–Trinajstić information content (AvgIpc) is 3.15. The van der Waals surface area contributed by atoms with Gasteiger partial charge in [0.2, 0.25) is 0 Å². The lowest BCUT2D eigenvalue weighted by molar-refractivity contribution is -0.384. The van der Waals surface area contributed by atoms with Crippen molar-refractivity contribution in [3.8, 4) is 0 Å². The summed E-state index contributed by atoms with van der Waals surface area (Å²) in [6.07, 6.45) is 5.01. The summed E-state index contributed by atoms with van der Waals surface area (Å²) >= 11 is 1.77. The van der Waals surface area contributed by atoms with Crippen molar-refractivity contribution in [3.63, 3.8) is 0 Å². The molecule has 3 rings (SSSR count). The van der Waals surface area contributed by atoms with E-state index >= 15 is 0 Å². The topological polar surface area (TPSA) is 95.3 Å². The smallest absolute Gasteiger partial charge is 0.269 e. The highest BCUT2D eigenvalue weighted by molar-refractivity contribution is 7.98. The SMILES string of the molecule is CSCCNC(=NCc1ccc([N+](=O)[O-])cc1)NCCc1c[nH]c2ccccc12. The van der Waals surface area contributed by atoms with Crippen molar-refractivity contribution in [3.05, 3.63) is 76.0 Å². The van der Waals surface area contributed by atoms with Crippen LogP contribution in [0.5, 0.6) is 0 Å². The predicted octanol–water partition coefficient (Wildman–Crippen LogP) is 3.72. The van der Waals surface area contributed by atoms with Crippen LogP contribution in [0.4, 0.5) is 5.69 Å². The van der Waals surface area contributed by atoms with Gasteiger partial charge in [-0.2, -0.15) is 11.8 Å². The van der Waals surface area contributed by atoms with Gasteiger partial charge in [0, 0.05) is 48.1 Å². The van der Waals surface area contributed by atoms with Crippen molar-refractivity contribution in [2.45, 2.75) is 13.0 Å². The number of guanidine groups is 1. The predicted molar refractivity (Wildman–Crippen MR) is 121 cm³/mol. The van der Waals surface area contributed by atoms with Crippen molar-refractivity contribution in [1.29, 1.82) is 0 Å². The van der Waals surface area contributed by atoms with Crippen molar-refractivity contribution in [1.82, 2.24) is 15.6 Å². The summed E-state index contributed by atoms with van der Waals surface area (Å²) in [5.74, 6) is 1.73. The number of nitro benzene ring substituents is 1. The zero-order valence-electron chi connectivity index (χ0n) is 16.4. The first-order valence-corrected chi connectivity index (χ1v) is 10.9. The molecule has 7 nitrogen and oxygen atoms in total. The third-order valence-corrected chi connectivity index (χ3v) is 5.14. The molecule has 0 unspecified atom stereocenters. The fourth-order valence-electron chi connectivity index (χ4n) is 2.99. The van der Waals surface area contributed by atoms with Crippen LogP contribution in [0.15, 0.2) is 59.7 Å². The number of thioether (sulfide) groups is 1. The molecule has 3 aromatic rings. The first kappa shape index (κ1) is 20.7. The highest BCUT2D eigenvalue weighted by Gasteiger charge is 2.06. The number of nitrogens with zero attached hydrogens (tertiary/aromatic N) is 2. The van der Waals surface area contributed by atoms with Gasteiger partial charge in [0.05, 0.1) is 11.5 Å². The molecule has 0 aliphatic heterocycles. The summed E-state index contributed by atoms with van der Waals surface area (Å²) in [6.45, 7) is 2.03. The largest absolute Gasteiger partial charge is 0.361 e. The Morgan fingerprint density at radius 3 is 2.66 bits per heavy atom. The van der Waals surface area contributed by atoms with Gasteiger partial charge in [-0.25, -0.2) is 4.99 Å². The zero-order chi connectivity index (χ0) is 20.5. The number of benzene rings is 2. The van der Waals surface area contributed by atoms with E-state index in [1.165, 1.54) is 23.1 Å². The van der Waals surface area contributed by atoms with Gasteiger partial charge >= 0.3 is 0 Å². The van der Waals surface area contributed by atoms with Crippen LogP contribution >= 0.6 is 11.8 Å². The van der Waals surface area contributed by atoms with E-state index in [1.54, 1.807) is 23.9 Å². The minimum atomic E-state index is -0.394. The Bertz CT molecular complexity index is 969. The maximum Gasteiger partial charge on any atom is 0.269 e. The Hall–Kier alpha value is -3.00. The van der Waals surface area contributed by atoms with Gasteiger partial charge in [-0.3, -0.25) is 10.1 Å². The molecule has 0 fully saturated rings. The number of aliphatic imine (C=N–C) groups is 1. The second-order valence-electron chi connectivity index (χ2n) is 6.54. The Labute approximate surface area is 174 Å². The lowest BCUT2D eigenvalue weighted by Crippen LogP contribution is -2.39. The number of rotatable bonds is 9. The average molecular weight is 412 g/mol. The summed E-state index contributed by atoms with van der Waals surface area (Å²) in [5.41, 5.74) is 3.44. The number of H-pyrrole nitrogens is 1. The number of aromatic nitrogens is 1. The lowest BCUT2D eigenvalue weighted by atomic mass is 10.1. The van der Waals surface area contributed by atoms with E-state index in [4.69, 9.17) is 0 Å². The summed E-state index contributed by atoms with van der Waals surface area (Å²) in [5, 5.41) is 18.7. The molecule has 0 bridgehead atoms. The molecule has 0 saturated carbocycles. The summed E-state index contributed by atoms with van der Waals surface area (Å²) in [4.78, 5) is 18.3. The molecule has 3 N–H and O–H groups in total. The summed E-state index contributed by atoms with van der Waals surface area (Å²) in [7, 11) is 0. The van der Waals surface area contributed by atoms with E-state index in [-0.39, 0.29) is 5.69 Å². The van der Waals surface area contributed by atoms with E-state index in [0.29, 0.717) is 6.54 Å². The quantitative estimate of drug-likeness (QED) is 0.164. The fourth-order valence-corrected chi connectivity index (χ4v) is 3.30. The molecule has 1 heterocycles. The lowest BCUT2D eigenvalue weighted by Gasteiger charge is -2.12. The number of nitro groups is 1. The van der Waals surface area contributed by atoms with Gasteiger partial charge in [0.1, 0.15) is 0 Å². The number of nitrogens with one attached hydrogen (secondary N) is 3. The molecule has 0 atom stereocenters. The highest BCUT2D eigenvalue weighted by Crippen LogP contribution is 2.17. The molecule has 29 heavy (non-hydrogen) atoms. The van der Waals surface area contributed by atoms with E-state index in [1.807, 2.05) is 12.1 Å². The maximum atomic E-state index is 10.8. The van der Waals surface area contributed by atoms with Crippen molar-refractivity contribution >= 4 is 34.3 Å². The number of aromatic amines is 1. The molecule has 0 amide bonds. The molecule has 0 saturated heterocycles. The van der Waals surface area contributed by atoms with Crippen LogP contribution in [-0.2, 0) is 13.0 Å². The Morgan fingerprint density at radius 2 is 1.90 bits per heavy atom. The number of hydrogen-bond donors (Lipinski definition) is 3. The van der Waals surface area contributed by atoms with Gasteiger partial charge in [0.15, 0.2) is 5.96 Å². The first-order valence-electron chi connectivity index (χ1n) is 9.47. The van der Waals surface area contributed by atoms with Crippen molar-refractivity contribution < 1.29 is 4.92 Å². The van der Waals surface area contributed by atoms with E-state index in [2.05, 4.69) is 45.2 Å². The minimum Gasteiger partial charge on any atom is -0.361 e. The van der Waals surface area contributed by atoms with Crippen LogP contribution in [0.1, 0.15) is 11.1 Å². The second kappa shape index (κ2) is 10.5. The number of para-hydroxylation sites is 1. The van der Waals surface area contributed by atoms with E-state index in [9.17, 15) is 10.1 Å². The van der Waals surface area contributed by atoms with Gasteiger partial charge in [0.25, 0.3) is 5.69 Å².